The molecule has 0 spiro atoms. The Morgan fingerprint density at radius 1 is 1.16 bits per heavy atom. The topological polar surface area (TPSA) is 101 Å². The Balaban J connectivity index is 2.26. The standard InChI is InChI=1S/C17H12N2O5S/c1-24-16(23)10-5-6-12-13(8-10)18-17(25)19(14(12)20)11-4-2-3-9(7-11)15(21)22/h2-8H,1H3,(H,18,25)(H,21,22). The monoisotopic (exact) mass is 356 g/mol. The van der Waals surface area contributed by atoms with Gasteiger partial charge in [0.25, 0.3) is 5.56 Å². The van der Waals surface area contributed by atoms with E-state index in [4.69, 9.17) is 17.3 Å². The molecule has 0 atom stereocenters. The molecule has 0 radical (unpaired) electrons. The maximum absolute atomic E-state index is 12.8. The van der Waals surface area contributed by atoms with E-state index in [1.54, 1.807) is 6.07 Å². The van der Waals surface area contributed by atoms with E-state index < -0.39 is 17.5 Å². The van der Waals surface area contributed by atoms with E-state index in [0.717, 1.165) is 0 Å². The molecule has 0 aliphatic carbocycles. The van der Waals surface area contributed by atoms with Gasteiger partial charge in [0.05, 0.1) is 34.8 Å². The predicted molar refractivity (Wildman–Crippen MR) is 93.0 cm³/mol. The van der Waals surface area contributed by atoms with Gasteiger partial charge >= 0.3 is 11.9 Å². The number of hydrogen-bond acceptors (Lipinski definition) is 5. The molecule has 0 aliphatic heterocycles. The second-order valence-corrected chi connectivity index (χ2v) is 5.56. The first kappa shape index (κ1) is 16.6. The number of aromatic carboxylic acids is 1. The summed E-state index contributed by atoms with van der Waals surface area (Å²) in [6, 6.07) is 10.4. The molecule has 0 saturated heterocycles. The van der Waals surface area contributed by atoms with Gasteiger partial charge in [0.1, 0.15) is 0 Å². The number of aromatic nitrogens is 2. The summed E-state index contributed by atoms with van der Waals surface area (Å²) in [6.07, 6.45) is 0. The van der Waals surface area contributed by atoms with Crippen molar-refractivity contribution in [1.29, 1.82) is 0 Å². The SMILES string of the molecule is COC(=O)c1ccc2c(=O)n(-c3cccc(C(=O)O)c3)c(=S)[nH]c2c1. The lowest BCUT2D eigenvalue weighted by atomic mass is 10.1. The number of fused-ring (bicyclic) bond motifs is 1. The van der Waals surface area contributed by atoms with Crippen LogP contribution in [-0.2, 0) is 4.74 Å². The van der Waals surface area contributed by atoms with E-state index in [1.165, 1.54) is 48.1 Å². The molecular formula is C17H12N2O5S. The summed E-state index contributed by atoms with van der Waals surface area (Å²) >= 11 is 5.24. The summed E-state index contributed by atoms with van der Waals surface area (Å²) in [6.45, 7) is 0. The van der Waals surface area contributed by atoms with Crippen LogP contribution in [0.25, 0.3) is 16.6 Å². The third-order valence-corrected chi connectivity index (χ3v) is 3.95. The highest BCUT2D eigenvalue weighted by molar-refractivity contribution is 7.71. The number of rotatable bonds is 3. The molecule has 8 heteroatoms. The van der Waals surface area contributed by atoms with E-state index in [1.807, 2.05) is 0 Å². The van der Waals surface area contributed by atoms with Gasteiger partial charge in [-0.2, -0.15) is 0 Å². The summed E-state index contributed by atoms with van der Waals surface area (Å²) in [5.41, 5.74) is 0.636. The van der Waals surface area contributed by atoms with Crippen molar-refractivity contribution in [2.24, 2.45) is 0 Å². The average Bonchev–Trinajstić information content (AvgIpc) is 2.60. The van der Waals surface area contributed by atoms with Crippen LogP contribution in [0.1, 0.15) is 20.7 Å². The molecule has 126 valence electrons. The van der Waals surface area contributed by atoms with E-state index in [9.17, 15) is 14.4 Å². The molecule has 0 fully saturated rings. The van der Waals surface area contributed by atoms with Gasteiger partial charge in [-0.1, -0.05) is 6.07 Å². The van der Waals surface area contributed by atoms with Gasteiger partial charge in [-0.15, -0.1) is 0 Å². The van der Waals surface area contributed by atoms with Crippen molar-refractivity contribution in [3.63, 3.8) is 0 Å². The molecule has 0 saturated carbocycles. The number of nitrogens with zero attached hydrogens (tertiary/aromatic N) is 1. The summed E-state index contributed by atoms with van der Waals surface area (Å²) in [7, 11) is 1.27. The second-order valence-electron chi connectivity index (χ2n) is 5.18. The highest BCUT2D eigenvalue weighted by atomic mass is 32.1. The minimum absolute atomic E-state index is 0.0416. The molecule has 1 aromatic heterocycles. The van der Waals surface area contributed by atoms with E-state index in [2.05, 4.69) is 9.72 Å². The van der Waals surface area contributed by atoms with Crippen molar-refractivity contribution in [1.82, 2.24) is 9.55 Å². The number of hydrogen-bond donors (Lipinski definition) is 2. The summed E-state index contributed by atoms with van der Waals surface area (Å²) in [4.78, 5) is 38.4. The largest absolute Gasteiger partial charge is 0.478 e. The Kier molecular flexibility index (Phi) is 4.20. The molecule has 2 N–H and O–H groups in total. The highest BCUT2D eigenvalue weighted by Crippen LogP contribution is 2.15. The Labute approximate surface area is 146 Å². The normalized spacial score (nSPS) is 10.6. The number of benzene rings is 2. The van der Waals surface area contributed by atoms with Crippen LogP contribution in [0.5, 0.6) is 0 Å². The number of carboxylic acid groups (broad SMARTS) is 1. The van der Waals surface area contributed by atoms with Gasteiger partial charge < -0.3 is 14.8 Å². The molecule has 2 aromatic carbocycles. The average molecular weight is 356 g/mol. The number of methoxy groups -OCH3 is 1. The molecule has 1 heterocycles. The summed E-state index contributed by atoms with van der Waals surface area (Å²) in [5.74, 6) is -1.63. The van der Waals surface area contributed by atoms with E-state index in [0.29, 0.717) is 16.6 Å². The molecule has 3 rings (SSSR count). The van der Waals surface area contributed by atoms with Crippen molar-refractivity contribution in [3.8, 4) is 5.69 Å². The van der Waals surface area contributed by atoms with Crippen molar-refractivity contribution in [2.45, 2.75) is 0 Å². The van der Waals surface area contributed by atoms with Crippen LogP contribution in [0.4, 0.5) is 0 Å². The number of carboxylic acids is 1. The van der Waals surface area contributed by atoms with Crippen LogP contribution in [-0.4, -0.2) is 33.7 Å². The summed E-state index contributed by atoms with van der Waals surface area (Å²) < 4.78 is 5.95. The number of esters is 1. The second kappa shape index (κ2) is 6.33. The molecule has 0 aliphatic rings. The van der Waals surface area contributed by atoms with Crippen LogP contribution in [0, 0.1) is 4.77 Å². The van der Waals surface area contributed by atoms with Crippen molar-refractivity contribution in [2.75, 3.05) is 7.11 Å². The van der Waals surface area contributed by atoms with Crippen LogP contribution in [0.2, 0.25) is 0 Å². The Morgan fingerprint density at radius 3 is 2.60 bits per heavy atom. The van der Waals surface area contributed by atoms with Gasteiger partial charge in [-0.25, -0.2) is 9.59 Å². The molecular weight excluding hydrogens is 344 g/mol. The van der Waals surface area contributed by atoms with Gasteiger partial charge in [-0.05, 0) is 48.6 Å². The smallest absolute Gasteiger partial charge is 0.337 e. The number of carbonyl (C=O) groups is 2. The fourth-order valence-corrected chi connectivity index (χ4v) is 2.77. The molecule has 0 unspecified atom stereocenters. The third kappa shape index (κ3) is 2.94. The summed E-state index contributed by atoms with van der Waals surface area (Å²) in [5, 5.41) is 9.41. The zero-order chi connectivity index (χ0) is 18.1. The fourth-order valence-electron chi connectivity index (χ4n) is 2.48. The first-order chi connectivity index (χ1) is 11.9. The van der Waals surface area contributed by atoms with Crippen LogP contribution in [0.15, 0.2) is 47.3 Å². The zero-order valence-corrected chi connectivity index (χ0v) is 13.8. The number of ether oxygens (including phenoxy) is 1. The molecule has 0 bridgehead atoms. The van der Waals surface area contributed by atoms with Gasteiger partial charge in [0.15, 0.2) is 4.77 Å². The first-order valence-corrected chi connectivity index (χ1v) is 7.54. The Hall–Kier alpha value is -3.26. The Morgan fingerprint density at radius 2 is 1.92 bits per heavy atom. The quantitative estimate of drug-likeness (QED) is 0.552. The maximum Gasteiger partial charge on any atom is 0.337 e. The van der Waals surface area contributed by atoms with Crippen LogP contribution < -0.4 is 5.56 Å². The first-order valence-electron chi connectivity index (χ1n) is 7.13. The molecule has 25 heavy (non-hydrogen) atoms. The van der Waals surface area contributed by atoms with Gasteiger partial charge in [0, 0.05) is 0 Å². The van der Waals surface area contributed by atoms with Crippen molar-refractivity contribution < 1.29 is 19.4 Å². The Bertz CT molecular complexity index is 1130. The fraction of sp³-hybridized carbons (Fsp3) is 0.0588. The van der Waals surface area contributed by atoms with E-state index in [-0.39, 0.29) is 15.9 Å². The third-order valence-electron chi connectivity index (χ3n) is 3.67. The highest BCUT2D eigenvalue weighted by Gasteiger charge is 2.12. The molecule has 7 nitrogen and oxygen atoms in total. The zero-order valence-electron chi connectivity index (χ0n) is 13.0. The number of nitrogens with one attached hydrogen (secondary N) is 1. The van der Waals surface area contributed by atoms with Crippen molar-refractivity contribution in [3.05, 3.63) is 68.7 Å². The number of carbonyl (C=O) groups excluding carboxylic acids is 1. The van der Waals surface area contributed by atoms with Gasteiger partial charge in [0.2, 0.25) is 0 Å². The minimum atomic E-state index is -1.10. The lowest BCUT2D eigenvalue weighted by Crippen LogP contribution is -2.21. The predicted octanol–water partition coefficient (Wildman–Crippen LogP) is 2.53. The van der Waals surface area contributed by atoms with Gasteiger partial charge in [-0.3, -0.25) is 9.36 Å². The number of H-pyrrole nitrogens is 1. The maximum atomic E-state index is 12.8. The molecule has 3 aromatic rings. The number of aromatic amines is 1. The lowest BCUT2D eigenvalue weighted by molar-refractivity contribution is 0.0600. The minimum Gasteiger partial charge on any atom is -0.478 e. The van der Waals surface area contributed by atoms with Crippen LogP contribution >= 0.6 is 12.2 Å². The molecule has 0 amide bonds. The lowest BCUT2D eigenvalue weighted by Gasteiger charge is -2.09. The van der Waals surface area contributed by atoms with Crippen molar-refractivity contribution >= 4 is 35.1 Å². The van der Waals surface area contributed by atoms with E-state index >= 15 is 0 Å². The van der Waals surface area contributed by atoms with Crippen LogP contribution in [0.3, 0.4) is 0 Å².